The number of carbonyl (C=O) groups excluding carboxylic acids is 1. The lowest BCUT2D eigenvalue weighted by Gasteiger charge is -2.30. The minimum absolute atomic E-state index is 0.0473. The highest BCUT2D eigenvalue weighted by molar-refractivity contribution is 7.80. The normalized spacial score (nSPS) is 17.0. The first-order valence-corrected chi connectivity index (χ1v) is 8.62. The number of hydrogen-bond acceptors (Lipinski definition) is 3. The van der Waals surface area contributed by atoms with E-state index in [4.69, 9.17) is 12.2 Å². The second kappa shape index (κ2) is 7.51. The summed E-state index contributed by atoms with van der Waals surface area (Å²) in [6.07, 6.45) is -4.60. The quantitative estimate of drug-likeness (QED) is 0.582. The van der Waals surface area contributed by atoms with Gasteiger partial charge < -0.3 is 21.1 Å². The van der Waals surface area contributed by atoms with Crippen LogP contribution in [0.1, 0.15) is 24.1 Å². The van der Waals surface area contributed by atoms with E-state index in [1.807, 2.05) is 0 Å². The van der Waals surface area contributed by atoms with Crippen molar-refractivity contribution in [3.05, 3.63) is 70.9 Å². The molecule has 0 radical (unpaired) electrons. The predicted octanol–water partition coefficient (Wildman–Crippen LogP) is 3.84. The van der Waals surface area contributed by atoms with Crippen molar-refractivity contribution in [2.24, 2.45) is 0 Å². The summed E-state index contributed by atoms with van der Waals surface area (Å²) >= 11 is 5.14. The fraction of sp³-hybridized carbons (Fsp3) is 0.158. The Balaban J connectivity index is 1.98. The second-order valence-corrected chi connectivity index (χ2v) is 6.57. The number of phenolic OH excluding ortho intramolecular Hbond substituents is 1. The number of halogens is 3. The standard InChI is InChI=1S/C19H16F3N3O2S/c1-10-15(16(25-18(28)23-10)11-6-8-12(26)9-7-11)17(27)24-14-5-3-2-4-13(14)19(20,21)22/h2-9,16,26H,1H3,(H,24,27)(H2,23,25,28)/t16-/m0/s1. The van der Waals surface area contributed by atoms with Crippen molar-refractivity contribution >= 4 is 28.9 Å². The lowest BCUT2D eigenvalue weighted by Crippen LogP contribution is -2.45. The summed E-state index contributed by atoms with van der Waals surface area (Å²) in [7, 11) is 0. The fourth-order valence-corrected chi connectivity index (χ4v) is 3.21. The number of allylic oxidation sites excluding steroid dienone is 1. The summed E-state index contributed by atoms with van der Waals surface area (Å²) in [6, 6.07) is 10.2. The Morgan fingerprint density at radius 2 is 1.79 bits per heavy atom. The van der Waals surface area contributed by atoms with Crippen molar-refractivity contribution in [1.29, 1.82) is 0 Å². The first-order chi connectivity index (χ1) is 13.2. The highest BCUT2D eigenvalue weighted by atomic mass is 32.1. The van der Waals surface area contributed by atoms with Crippen LogP contribution in [0.3, 0.4) is 0 Å². The average molecular weight is 407 g/mol. The summed E-state index contributed by atoms with van der Waals surface area (Å²) in [5.74, 6) is -0.652. The summed E-state index contributed by atoms with van der Waals surface area (Å²) in [5, 5.41) is 17.9. The highest BCUT2D eigenvalue weighted by Gasteiger charge is 2.35. The second-order valence-electron chi connectivity index (χ2n) is 6.16. The largest absolute Gasteiger partial charge is 0.508 e. The molecule has 9 heteroatoms. The van der Waals surface area contributed by atoms with Crippen LogP contribution in [-0.4, -0.2) is 16.1 Å². The molecular formula is C19H16F3N3O2S. The zero-order valence-corrected chi connectivity index (χ0v) is 15.4. The Labute approximate surface area is 164 Å². The zero-order valence-electron chi connectivity index (χ0n) is 14.6. The minimum Gasteiger partial charge on any atom is -0.508 e. The van der Waals surface area contributed by atoms with Gasteiger partial charge in [-0.05, 0) is 49.0 Å². The van der Waals surface area contributed by atoms with Crippen LogP contribution in [0.4, 0.5) is 18.9 Å². The Morgan fingerprint density at radius 1 is 1.14 bits per heavy atom. The summed E-state index contributed by atoms with van der Waals surface area (Å²) in [4.78, 5) is 12.9. The number of para-hydroxylation sites is 1. The Morgan fingerprint density at radius 3 is 2.43 bits per heavy atom. The van der Waals surface area contributed by atoms with Crippen molar-refractivity contribution in [3.8, 4) is 5.75 Å². The molecule has 5 nitrogen and oxygen atoms in total. The number of alkyl halides is 3. The number of hydrogen-bond donors (Lipinski definition) is 4. The minimum atomic E-state index is -4.60. The molecule has 0 aliphatic carbocycles. The molecule has 1 aliphatic heterocycles. The van der Waals surface area contributed by atoms with Gasteiger partial charge in [-0.1, -0.05) is 24.3 Å². The number of anilines is 1. The maximum Gasteiger partial charge on any atom is 0.418 e. The molecule has 2 aromatic rings. The molecular weight excluding hydrogens is 391 g/mol. The van der Waals surface area contributed by atoms with Gasteiger partial charge in [-0.25, -0.2) is 0 Å². The van der Waals surface area contributed by atoms with Gasteiger partial charge in [-0.3, -0.25) is 4.79 Å². The molecule has 1 amide bonds. The van der Waals surface area contributed by atoms with Gasteiger partial charge in [0.1, 0.15) is 5.75 Å². The molecule has 0 saturated carbocycles. The van der Waals surface area contributed by atoms with E-state index in [1.165, 1.54) is 30.3 Å². The summed E-state index contributed by atoms with van der Waals surface area (Å²) in [5.41, 5.74) is -0.0386. The van der Waals surface area contributed by atoms with E-state index < -0.39 is 23.7 Å². The first-order valence-electron chi connectivity index (χ1n) is 8.21. The van der Waals surface area contributed by atoms with Crippen LogP contribution in [0.2, 0.25) is 0 Å². The molecule has 146 valence electrons. The Bertz CT molecular complexity index is 956. The number of carbonyl (C=O) groups is 1. The van der Waals surface area contributed by atoms with Crippen molar-refractivity contribution in [3.63, 3.8) is 0 Å². The van der Waals surface area contributed by atoms with Crippen molar-refractivity contribution in [2.45, 2.75) is 19.1 Å². The van der Waals surface area contributed by atoms with Gasteiger partial charge in [0.2, 0.25) is 0 Å². The Kier molecular flexibility index (Phi) is 5.28. The molecule has 0 fully saturated rings. The summed E-state index contributed by atoms with van der Waals surface area (Å²) < 4.78 is 39.7. The fourth-order valence-electron chi connectivity index (χ4n) is 2.94. The topological polar surface area (TPSA) is 73.4 Å². The maximum atomic E-state index is 13.2. The molecule has 28 heavy (non-hydrogen) atoms. The third-order valence-electron chi connectivity index (χ3n) is 4.22. The summed E-state index contributed by atoms with van der Waals surface area (Å²) in [6.45, 7) is 1.62. The third kappa shape index (κ3) is 4.09. The van der Waals surface area contributed by atoms with Gasteiger partial charge in [0.25, 0.3) is 5.91 Å². The lowest BCUT2D eigenvalue weighted by atomic mass is 9.94. The van der Waals surface area contributed by atoms with E-state index in [0.717, 1.165) is 6.07 Å². The number of rotatable bonds is 3. The first kappa shape index (κ1) is 19.7. The molecule has 0 unspecified atom stereocenters. The zero-order chi connectivity index (χ0) is 20.5. The molecule has 1 heterocycles. The van der Waals surface area contributed by atoms with E-state index in [1.54, 1.807) is 19.1 Å². The van der Waals surface area contributed by atoms with Gasteiger partial charge in [-0.15, -0.1) is 0 Å². The maximum absolute atomic E-state index is 13.2. The van der Waals surface area contributed by atoms with Crippen molar-refractivity contribution in [2.75, 3.05) is 5.32 Å². The van der Waals surface area contributed by atoms with E-state index in [9.17, 15) is 23.1 Å². The number of phenols is 1. The van der Waals surface area contributed by atoms with E-state index in [2.05, 4.69) is 16.0 Å². The lowest BCUT2D eigenvalue weighted by molar-refractivity contribution is -0.137. The van der Waals surface area contributed by atoms with E-state index in [0.29, 0.717) is 11.3 Å². The number of amides is 1. The van der Waals surface area contributed by atoms with Crippen LogP contribution >= 0.6 is 12.2 Å². The van der Waals surface area contributed by atoms with Crippen LogP contribution in [0.15, 0.2) is 59.8 Å². The van der Waals surface area contributed by atoms with Gasteiger partial charge in [-0.2, -0.15) is 13.2 Å². The smallest absolute Gasteiger partial charge is 0.418 e. The van der Waals surface area contributed by atoms with Crippen molar-refractivity contribution in [1.82, 2.24) is 10.6 Å². The number of benzene rings is 2. The van der Waals surface area contributed by atoms with Crippen LogP contribution in [-0.2, 0) is 11.0 Å². The van der Waals surface area contributed by atoms with Gasteiger partial charge in [0.05, 0.1) is 22.9 Å². The van der Waals surface area contributed by atoms with E-state index in [-0.39, 0.29) is 22.1 Å². The molecule has 4 N–H and O–H groups in total. The number of nitrogens with one attached hydrogen (secondary N) is 3. The molecule has 2 aromatic carbocycles. The van der Waals surface area contributed by atoms with Crippen LogP contribution in [0.5, 0.6) is 5.75 Å². The average Bonchev–Trinajstić information content (AvgIpc) is 2.61. The van der Waals surface area contributed by atoms with Gasteiger partial charge in [0, 0.05) is 5.70 Å². The molecule has 1 aliphatic rings. The molecule has 0 bridgehead atoms. The molecule has 0 saturated heterocycles. The van der Waals surface area contributed by atoms with E-state index >= 15 is 0 Å². The number of aromatic hydroxyl groups is 1. The third-order valence-corrected chi connectivity index (χ3v) is 4.44. The molecule has 1 atom stereocenters. The van der Waals surface area contributed by atoms with Gasteiger partial charge in [0.15, 0.2) is 5.11 Å². The predicted molar refractivity (Wildman–Crippen MR) is 102 cm³/mol. The van der Waals surface area contributed by atoms with Crippen LogP contribution in [0.25, 0.3) is 0 Å². The van der Waals surface area contributed by atoms with Crippen molar-refractivity contribution < 1.29 is 23.1 Å². The Hall–Kier alpha value is -3.07. The highest BCUT2D eigenvalue weighted by Crippen LogP contribution is 2.35. The SMILES string of the molecule is CC1=C(C(=O)Nc2ccccc2C(F)(F)F)[C@H](c2ccc(O)cc2)NC(=S)N1. The van der Waals surface area contributed by atoms with Crippen LogP contribution in [0, 0.1) is 0 Å². The van der Waals surface area contributed by atoms with Crippen LogP contribution < -0.4 is 16.0 Å². The van der Waals surface area contributed by atoms with Gasteiger partial charge >= 0.3 is 6.18 Å². The number of thiocarbonyl (C=S) groups is 1. The molecule has 3 rings (SSSR count). The molecule has 0 spiro atoms. The monoisotopic (exact) mass is 407 g/mol. The molecule has 0 aromatic heterocycles.